The Morgan fingerprint density at radius 1 is 1.40 bits per heavy atom. The summed E-state index contributed by atoms with van der Waals surface area (Å²) in [6.07, 6.45) is 3.67. The van der Waals surface area contributed by atoms with Crippen LogP contribution in [0.2, 0.25) is 0 Å². The lowest BCUT2D eigenvalue weighted by atomic mass is 10.0. The molecular weight excluding hydrogens is 316 g/mol. The maximum atomic E-state index is 12.4. The number of anilines is 1. The monoisotopic (exact) mass is 336 g/mol. The third kappa shape index (κ3) is 4.48. The Hall–Kier alpha value is -3.07. The van der Waals surface area contributed by atoms with Gasteiger partial charge in [0.25, 0.3) is 0 Å². The lowest BCUT2D eigenvalue weighted by Crippen LogP contribution is -2.41. The van der Waals surface area contributed by atoms with E-state index in [1.54, 1.807) is 24.3 Å². The van der Waals surface area contributed by atoms with Crippen LogP contribution in [0.1, 0.15) is 25.3 Å². The van der Waals surface area contributed by atoms with E-state index in [1.165, 1.54) is 12.6 Å². The Labute approximate surface area is 147 Å². The minimum absolute atomic E-state index is 0.0831. The van der Waals surface area contributed by atoms with Crippen molar-refractivity contribution in [1.29, 1.82) is 5.26 Å². The summed E-state index contributed by atoms with van der Waals surface area (Å²) in [6.45, 7) is 3.75. The normalized spacial score (nSPS) is 16.8. The fourth-order valence-electron chi connectivity index (χ4n) is 2.84. The molecule has 1 saturated heterocycles. The predicted octanol–water partition coefficient (Wildman–Crippen LogP) is 4.01. The Kier molecular flexibility index (Phi) is 5.14. The van der Waals surface area contributed by atoms with Gasteiger partial charge in [-0.05, 0) is 37.0 Å². The standard InChI is InChI=1S/C19H20N4O2/c1-14-4-3-9-23(13-14)19(24)22-16-5-2-6-17(10-16)25-18-8-7-15(11-20)12-21-18/h2,5-8,10,12,14H,3-4,9,13H2,1H3,(H,22,24)/t14-/m0/s1. The molecule has 0 spiro atoms. The topological polar surface area (TPSA) is 78.3 Å². The van der Waals surface area contributed by atoms with Gasteiger partial charge in [-0.25, -0.2) is 9.78 Å². The molecule has 0 aliphatic carbocycles. The molecule has 3 rings (SSSR count). The van der Waals surface area contributed by atoms with Crippen molar-refractivity contribution in [1.82, 2.24) is 9.88 Å². The van der Waals surface area contributed by atoms with Crippen LogP contribution in [0.5, 0.6) is 11.6 Å². The van der Waals surface area contributed by atoms with E-state index in [4.69, 9.17) is 10.00 Å². The molecule has 0 radical (unpaired) electrons. The number of likely N-dealkylation sites (tertiary alicyclic amines) is 1. The quantitative estimate of drug-likeness (QED) is 0.918. The van der Waals surface area contributed by atoms with Gasteiger partial charge in [0.1, 0.15) is 11.8 Å². The van der Waals surface area contributed by atoms with Crippen molar-refractivity contribution >= 4 is 11.7 Å². The van der Waals surface area contributed by atoms with Crippen molar-refractivity contribution < 1.29 is 9.53 Å². The number of carbonyl (C=O) groups is 1. The largest absolute Gasteiger partial charge is 0.439 e. The van der Waals surface area contributed by atoms with Crippen LogP contribution >= 0.6 is 0 Å². The average molecular weight is 336 g/mol. The summed E-state index contributed by atoms with van der Waals surface area (Å²) in [5.74, 6) is 1.51. The number of aromatic nitrogens is 1. The van der Waals surface area contributed by atoms with Crippen molar-refractivity contribution in [2.75, 3.05) is 18.4 Å². The highest BCUT2D eigenvalue weighted by Gasteiger charge is 2.20. The number of benzene rings is 1. The molecule has 0 saturated carbocycles. The average Bonchev–Trinajstić information content (AvgIpc) is 2.63. The van der Waals surface area contributed by atoms with Crippen LogP contribution in [0.25, 0.3) is 0 Å². The number of nitrogens with zero attached hydrogens (tertiary/aromatic N) is 3. The summed E-state index contributed by atoms with van der Waals surface area (Å²) in [5, 5.41) is 11.7. The number of nitriles is 1. The number of rotatable bonds is 3. The van der Waals surface area contributed by atoms with Crippen molar-refractivity contribution in [3.63, 3.8) is 0 Å². The number of ether oxygens (including phenoxy) is 1. The van der Waals surface area contributed by atoms with Gasteiger partial charge >= 0.3 is 6.03 Å². The maximum absolute atomic E-state index is 12.4. The van der Waals surface area contributed by atoms with E-state index in [0.29, 0.717) is 28.8 Å². The Morgan fingerprint density at radius 3 is 3.00 bits per heavy atom. The Bertz CT molecular complexity index is 783. The summed E-state index contributed by atoms with van der Waals surface area (Å²) in [4.78, 5) is 18.3. The molecule has 1 N–H and O–H groups in total. The highest BCUT2D eigenvalue weighted by atomic mass is 16.5. The smallest absolute Gasteiger partial charge is 0.321 e. The van der Waals surface area contributed by atoms with E-state index < -0.39 is 0 Å². The van der Waals surface area contributed by atoms with Crippen LogP contribution in [0.4, 0.5) is 10.5 Å². The van der Waals surface area contributed by atoms with Crippen molar-refractivity contribution in [3.8, 4) is 17.7 Å². The molecule has 1 aromatic heterocycles. The molecule has 25 heavy (non-hydrogen) atoms. The summed E-state index contributed by atoms with van der Waals surface area (Å²) < 4.78 is 5.68. The molecule has 1 aromatic carbocycles. The SMILES string of the molecule is C[C@H]1CCCN(C(=O)Nc2cccc(Oc3ccc(C#N)cn3)c2)C1. The van der Waals surface area contributed by atoms with Gasteiger partial charge in [0, 0.05) is 37.1 Å². The molecule has 2 aromatic rings. The summed E-state index contributed by atoms with van der Waals surface area (Å²) >= 11 is 0. The zero-order valence-electron chi connectivity index (χ0n) is 14.1. The van der Waals surface area contributed by atoms with Gasteiger partial charge < -0.3 is 15.0 Å². The van der Waals surface area contributed by atoms with E-state index in [9.17, 15) is 4.79 Å². The first kappa shape index (κ1) is 16.8. The number of hydrogen-bond acceptors (Lipinski definition) is 4. The van der Waals surface area contributed by atoms with Crippen molar-refractivity contribution in [2.45, 2.75) is 19.8 Å². The van der Waals surface area contributed by atoms with Crippen LogP contribution < -0.4 is 10.1 Å². The number of pyridine rings is 1. The third-order valence-electron chi connectivity index (χ3n) is 4.12. The van der Waals surface area contributed by atoms with E-state index >= 15 is 0 Å². The summed E-state index contributed by atoms with van der Waals surface area (Å²) in [5.41, 5.74) is 1.15. The number of carbonyl (C=O) groups excluding carboxylic acids is 1. The minimum Gasteiger partial charge on any atom is -0.439 e. The number of nitrogens with one attached hydrogen (secondary N) is 1. The first-order chi connectivity index (χ1) is 12.1. The molecule has 0 unspecified atom stereocenters. The number of amides is 2. The van der Waals surface area contributed by atoms with Gasteiger partial charge in [-0.15, -0.1) is 0 Å². The zero-order valence-corrected chi connectivity index (χ0v) is 14.1. The van der Waals surface area contributed by atoms with E-state index in [-0.39, 0.29) is 6.03 Å². The van der Waals surface area contributed by atoms with Crippen LogP contribution in [0.3, 0.4) is 0 Å². The van der Waals surface area contributed by atoms with Crippen LogP contribution in [0, 0.1) is 17.2 Å². The number of hydrogen-bond donors (Lipinski definition) is 1. The van der Waals surface area contributed by atoms with Crippen molar-refractivity contribution in [2.24, 2.45) is 5.92 Å². The molecule has 2 amide bonds. The van der Waals surface area contributed by atoms with Gasteiger partial charge in [-0.2, -0.15) is 5.26 Å². The molecule has 6 nitrogen and oxygen atoms in total. The lowest BCUT2D eigenvalue weighted by molar-refractivity contribution is 0.182. The van der Waals surface area contributed by atoms with Crippen LogP contribution in [-0.4, -0.2) is 29.0 Å². The molecule has 128 valence electrons. The van der Waals surface area contributed by atoms with Crippen LogP contribution in [-0.2, 0) is 0 Å². The Morgan fingerprint density at radius 2 is 2.28 bits per heavy atom. The van der Waals surface area contributed by atoms with Gasteiger partial charge in [-0.1, -0.05) is 13.0 Å². The second-order valence-corrected chi connectivity index (χ2v) is 6.25. The van der Waals surface area contributed by atoms with E-state index in [0.717, 1.165) is 19.5 Å². The van der Waals surface area contributed by atoms with Gasteiger partial charge in [0.15, 0.2) is 0 Å². The lowest BCUT2D eigenvalue weighted by Gasteiger charge is -2.30. The molecule has 6 heteroatoms. The molecule has 1 aliphatic rings. The van der Waals surface area contributed by atoms with Gasteiger partial charge in [0.2, 0.25) is 5.88 Å². The second kappa shape index (κ2) is 7.67. The van der Waals surface area contributed by atoms with Gasteiger partial charge in [-0.3, -0.25) is 0 Å². The zero-order chi connectivity index (χ0) is 17.6. The molecule has 1 fully saturated rings. The molecule has 1 aliphatic heterocycles. The minimum atomic E-state index is -0.0831. The first-order valence-corrected chi connectivity index (χ1v) is 8.34. The molecule has 2 heterocycles. The number of piperidine rings is 1. The molecular formula is C19H20N4O2. The molecule has 0 bridgehead atoms. The second-order valence-electron chi connectivity index (χ2n) is 6.25. The Balaban J connectivity index is 1.64. The fourth-order valence-corrected chi connectivity index (χ4v) is 2.84. The highest BCUT2D eigenvalue weighted by Crippen LogP contribution is 2.23. The van der Waals surface area contributed by atoms with E-state index in [2.05, 4.69) is 17.2 Å². The highest BCUT2D eigenvalue weighted by molar-refractivity contribution is 5.89. The number of urea groups is 1. The van der Waals surface area contributed by atoms with Gasteiger partial charge in [0.05, 0.1) is 5.56 Å². The summed E-state index contributed by atoms with van der Waals surface area (Å²) in [7, 11) is 0. The van der Waals surface area contributed by atoms with Crippen LogP contribution in [0.15, 0.2) is 42.6 Å². The van der Waals surface area contributed by atoms with E-state index in [1.807, 2.05) is 23.1 Å². The third-order valence-corrected chi connectivity index (χ3v) is 4.12. The first-order valence-electron chi connectivity index (χ1n) is 8.34. The van der Waals surface area contributed by atoms with Crippen molar-refractivity contribution in [3.05, 3.63) is 48.2 Å². The predicted molar refractivity (Wildman–Crippen MR) is 94.5 cm³/mol. The fraction of sp³-hybridized carbons (Fsp3) is 0.316. The molecule has 1 atom stereocenters. The summed E-state index contributed by atoms with van der Waals surface area (Å²) in [6, 6.07) is 12.4. The maximum Gasteiger partial charge on any atom is 0.321 e.